The second kappa shape index (κ2) is 2.61. The number of carbonyl (C=O) groups is 1. The first-order chi connectivity index (χ1) is 5.72. The van der Waals surface area contributed by atoms with Crippen molar-refractivity contribution >= 4 is 5.78 Å². The highest BCUT2D eigenvalue weighted by atomic mass is 16.5. The van der Waals surface area contributed by atoms with Gasteiger partial charge in [-0.2, -0.15) is 0 Å². The summed E-state index contributed by atoms with van der Waals surface area (Å²) in [6.45, 7) is 4.85. The van der Waals surface area contributed by atoms with E-state index in [2.05, 4.69) is 6.92 Å². The number of ketones is 1. The average molecular weight is 166 g/mol. The van der Waals surface area contributed by atoms with Gasteiger partial charge in [-0.05, 0) is 24.3 Å². The summed E-state index contributed by atoms with van der Waals surface area (Å²) in [7, 11) is 0. The molecule has 0 spiro atoms. The third-order valence-electron chi connectivity index (χ3n) is 3.07. The van der Waals surface area contributed by atoms with Gasteiger partial charge in [-0.25, -0.2) is 0 Å². The Morgan fingerprint density at radius 2 is 2.08 bits per heavy atom. The van der Waals surface area contributed by atoms with Crippen molar-refractivity contribution in [3.8, 4) is 0 Å². The van der Waals surface area contributed by atoms with E-state index in [1.165, 1.54) is 5.57 Å². The Balaban J connectivity index is 2.35. The lowest BCUT2D eigenvalue weighted by atomic mass is 9.92. The molecule has 12 heavy (non-hydrogen) atoms. The SMILES string of the molecule is CC1C(=O)C2=C(CCCO2)C1C. The maximum absolute atomic E-state index is 11.6. The van der Waals surface area contributed by atoms with E-state index in [1.807, 2.05) is 6.92 Å². The van der Waals surface area contributed by atoms with E-state index >= 15 is 0 Å². The molecule has 0 aromatic heterocycles. The van der Waals surface area contributed by atoms with Crippen LogP contribution in [0.4, 0.5) is 0 Å². The van der Waals surface area contributed by atoms with Crippen LogP contribution in [0.1, 0.15) is 26.7 Å². The second-order valence-electron chi connectivity index (χ2n) is 3.75. The highest BCUT2D eigenvalue weighted by Crippen LogP contribution is 2.39. The summed E-state index contributed by atoms with van der Waals surface area (Å²) in [6, 6.07) is 0. The summed E-state index contributed by atoms with van der Waals surface area (Å²) in [4.78, 5) is 11.6. The molecule has 0 aromatic carbocycles. The zero-order valence-electron chi connectivity index (χ0n) is 7.59. The number of hydrogen-bond donors (Lipinski definition) is 0. The van der Waals surface area contributed by atoms with Crippen molar-refractivity contribution in [1.82, 2.24) is 0 Å². The summed E-state index contributed by atoms with van der Waals surface area (Å²) >= 11 is 0. The van der Waals surface area contributed by atoms with Gasteiger partial charge in [0.05, 0.1) is 6.61 Å². The molecule has 66 valence electrons. The number of Topliss-reactive ketones (excluding diaryl/α,β-unsaturated/α-hetero) is 1. The van der Waals surface area contributed by atoms with Gasteiger partial charge in [0.15, 0.2) is 5.76 Å². The molecule has 0 fully saturated rings. The van der Waals surface area contributed by atoms with Crippen LogP contribution in [0.3, 0.4) is 0 Å². The fraction of sp³-hybridized carbons (Fsp3) is 0.700. The molecular formula is C10H14O2. The Hall–Kier alpha value is -0.790. The molecule has 2 unspecified atom stereocenters. The van der Waals surface area contributed by atoms with Gasteiger partial charge in [0.25, 0.3) is 0 Å². The first kappa shape index (κ1) is 7.84. The van der Waals surface area contributed by atoms with Crippen molar-refractivity contribution < 1.29 is 9.53 Å². The smallest absolute Gasteiger partial charge is 0.200 e. The van der Waals surface area contributed by atoms with Gasteiger partial charge in [-0.15, -0.1) is 0 Å². The number of ether oxygens (including phenoxy) is 1. The van der Waals surface area contributed by atoms with Crippen LogP contribution in [-0.4, -0.2) is 12.4 Å². The Morgan fingerprint density at radius 1 is 1.33 bits per heavy atom. The molecule has 0 N–H and O–H groups in total. The molecule has 0 radical (unpaired) electrons. The zero-order chi connectivity index (χ0) is 8.72. The summed E-state index contributed by atoms with van der Waals surface area (Å²) in [5.41, 5.74) is 1.26. The molecule has 1 aliphatic carbocycles. The third kappa shape index (κ3) is 0.904. The van der Waals surface area contributed by atoms with E-state index in [0.717, 1.165) is 19.4 Å². The molecule has 2 rings (SSSR count). The van der Waals surface area contributed by atoms with E-state index < -0.39 is 0 Å². The number of allylic oxidation sites excluding steroid dienone is 2. The molecule has 0 saturated heterocycles. The lowest BCUT2D eigenvalue weighted by Gasteiger charge is -2.16. The second-order valence-corrected chi connectivity index (χ2v) is 3.75. The Bertz CT molecular complexity index is 253. The van der Waals surface area contributed by atoms with Crippen molar-refractivity contribution in [2.45, 2.75) is 26.7 Å². The summed E-state index contributed by atoms with van der Waals surface area (Å²) in [5, 5.41) is 0. The van der Waals surface area contributed by atoms with Gasteiger partial charge in [0.2, 0.25) is 5.78 Å². The Kier molecular flexibility index (Phi) is 1.71. The summed E-state index contributed by atoms with van der Waals surface area (Å²) in [6.07, 6.45) is 2.13. The van der Waals surface area contributed by atoms with Gasteiger partial charge in [0, 0.05) is 5.92 Å². The Labute approximate surface area is 72.6 Å². The third-order valence-corrected chi connectivity index (χ3v) is 3.07. The van der Waals surface area contributed by atoms with Crippen molar-refractivity contribution in [3.05, 3.63) is 11.3 Å². The predicted molar refractivity (Wildman–Crippen MR) is 45.5 cm³/mol. The van der Waals surface area contributed by atoms with Gasteiger partial charge < -0.3 is 4.74 Å². The van der Waals surface area contributed by atoms with Gasteiger partial charge in [-0.3, -0.25) is 4.79 Å². The minimum Gasteiger partial charge on any atom is -0.490 e. The van der Waals surface area contributed by atoms with Crippen molar-refractivity contribution in [3.63, 3.8) is 0 Å². The van der Waals surface area contributed by atoms with Crippen LogP contribution < -0.4 is 0 Å². The molecular weight excluding hydrogens is 152 g/mol. The molecule has 1 heterocycles. The minimum absolute atomic E-state index is 0.146. The predicted octanol–water partition coefficient (Wildman–Crippen LogP) is 1.91. The molecule has 0 bridgehead atoms. The number of rotatable bonds is 0. The van der Waals surface area contributed by atoms with Crippen molar-refractivity contribution in [2.24, 2.45) is 11.8 Å². The molecule has 2 aliphatic rings. The first-order valence-corrected chi connectivity index (χ1v) is 4.62. The molecule has 0 saturated carbocycles. The van der Waals surface area contributed by atoms with E-state index in [-0.39, 0.29) is 11.7 Å². The van der Waals surface area contributed by atoms with Crippen LogP contribution in [0, 0.1) is 11.8 Å². The van der Waals surface area contributed by atoms with Crippen LogP contribution in [0.25, 0.3) is 0 Å². The topological polar surface area (TPSA) is 26.3 Å². The van der Waals surface area contributed by atoms with Crippen LogP contribution in [0.2, 0.25) is 0 Å². The maximum atomic E-state index is 11.6. The van der Waals surface area contributed by atoms with E-state index in [1.54, 1.807) is 0 Å². The largest absolute Gasteiger partial charge is 0.490 e. The standard InChI is InChI=1S/C10H14O2/c1-6-7(2)9(11)10-8(6)4-3-5-12-10/h6-7H,3-5H2,1-2H3. The van der Waals surface area contributed by atoms with E-state index in [4.69, 9.17) is 4.74 Å². The van der Waals surface area contributed by atoms with E-state index in [0.29, 0.717) is 11.7 Å². The minimum atomic E-state index is 0.146. The summed E-state index contributed by atoms with van der Waals surface area (Å²) < 4.78 is 5.39. The lowest BCUT2D eigenvalue weighted by molar-refractivity contribution is -0.121. The monoisotopic (exact) mass is 166 g/mol. The maximum Gasteiger partial charge on any atom is 0.200 e. The highest BCUT2D eigenvalue weighted by Gasteiger charge is 2.38. The van der Waals surface area contributed by atoms with Crippen molar-refractivity contribution in [1.29, 1.82) is 0 Å². The Morgan fingerprint density at radius 3 is 2.75 bits per heavy atom. The highest BCUT2D eigenvalue weighted by molar-refractivity contribution is 5.99. The molecule has 2 atom stereocenters. The lowest BCUT2D eigenvalue weighted by Crippen LogP contribution is -2.12. The zero-order valence-corrected chi connectivity index (χ0v) is 7.59. The quantitative estimate of drug-likeness (QED) is 0.549. The molecule has 0 aromatic rings. The van der Waals surface area contributed by atoms with Crippen LogP contribution in [-0.2, 0) is 9.53 Å². The van der Waals surface area contributed by atoms with E-state index in [9.17, 15) is 4.79 Å². The first-order valence-electron chi connectivity index (χ1n) is 4.62. The molecule has 0 amide bonds. The van der Waals surface area contributed by atoms with Gasteiger partial charge in [-0.1, -0.05) is 13.8 Å². The van der Waals surface area contributed by atoms with Crippen LogP contribution in [0.5, 0.6) is 0 Å². The summed E-state index contributed by atoms with van der Waals surface area (Å²) in [5.74, 6) is 1.47. The van der Waals surface area contributed by atoms with Crippen LogP contribution in [0.15, 0.2) is 11.3 Å². The number of carbonyl (C=O) groups excluding carboxylic acids is 1. The average Bonchev–Trinajstić information content (AvgIpc) is 2.33. The normalized spacial score (nSPS) is 35.0. The molecule has 2 heteroatoms. The fourth-order valence-corrected chi connectivity index (χ4v) is 2.04. The van der Waals surface area contributed by atoms with Gasteiger partial charge in [0.1, 0.15) is 0 Å². The van der Waals surface area contributed by atoms with Crippen LogP contribution >= 0.6 is 0 Å². The van der Waals surface area contributed by atoms with Gasteiger partial charge >= 0.3 is 0 Å². The van der Waals surface area contributed by atoms with Crippen molar-refractivity contribution in [2.75, 3.05) is 6.61 Å². The molecule has 1 aliphatic heterocycles. The molecule has 2 nitrogen and oxygen atoms in total. The fourth-order valence-electron chi connectivity index (χ4n) is 2.04. The number of hydrogen-bond acceptors (Lipinski definition) is 2.